The molecule has 0 unspecified atom stereocenters. The third kappa shape index (κ3) is 4.90. The third-order valence-corrected chi connectivity index (χ3v) is 4.43. The zero-order chi connectivity index (χ0) is 22.6. The Balaban J connectivity index is 2.11. The number of nitrogens with one attached hydrogen (secondary N) is 1. The van der Waals surface area contributed by atoms with Gasteiger partial charge in [0.1, 0.15) is 0 Å². The monoisotopic (exact) mass is 432 g/mol. The number of halogens is 3. The van der Waals surface area contributed by atoms with Gasteiger partial charge in [0.25, 0.3) is 11.5 Å². The average molecular weight is 432 g/mol. The molecule has 0 aliphatic carbocycles. The smallest absolute Gasteiger partial charge is 0.350 e. The van der Waals surface area contributed by atoms with E-state index < -0.39 is 34.6 Å². The first kappa shape index (κ1) is 22.0. The van der Waals surface area contributed by atoms with Gasteiger partial charge < -0.3 is 5.32 Å². The van der Waals surface area contributed by atoms with Crippen molar-refractivity contribution in [3.63, 3.8) is 0 Å². The van der Waals surface area contributed by atoms with Gasteiger partial charge in [0.2, 0.25) is 5.69 Å². The fourth-order valence-corrected chi connectivity index (χ4v) is 2.84. The number of nitrogens with zero attached hydrogens (tertiary/aromatic N) is 3. The second-order valence-corrected chi connectivity index (χ2v) is 6.72. The zero-order valence-electron chi connectivity index (χ0n) is 16.5. The Morgan fingerprint density at radius 1 is 1.03 bits per heavy atom. The van der Waals surface area contributed by atoms with Crippen LogP contribution >= 0.6 is 0 Å². The molecule has 1 aromatic heterocycles. The molecule has 0 fully saturated rings. The summed E-state index contributed by atoms with van der Waals surface area (Å²) in [6.07, 6.45) is -3.87. The Bertz CT molecular complexity index is 1180. The highest BCUT2D eigenvalue weighted by molar-refractivity contribution is 5.91. The van der Waals surface area contributed by atoms with Gasteiger partial charge in [-0.1, -0.05) is 37.3 Å². The zero-order valence-corrected chi connectivity index (χ0v) is 16.5. The average Bonchev–Trinajstić information content (AvgIpc) is 2.75. The molecule has 0 atom stereocenters. The molecule has 0 radical (unpaired) electrons. The van der Waals surface area contributed by atoms with Crippen LogP contribution in [0.25, 0.3) is 5.69 Å². The molecule has 162 valence electrons. The number of amides is 1. The second kappa shape index (κ2) is 8.99. The lowest BCUT2D eigenvalue weighted by Crippen LogP contribution is -2.46. The van der Waals surface area contributed by atoms with Crippen LogP contribution in [0.1, 0.15) is 35.0 Å². The number of rotatable bonds is 6. The summed E-state index contributed by atoms with van der Waals surface area (Å²) in [6, 6.07) is 12.3. The van der Waals surface area contributed by atoms with Crippen molar-refractivity contribution < 1.29 is 18.0 Å². The number of para-hydroxylation sites is 1. The van der Waals surface area contributed by atoms with Crippen molar-refractivity contribution in [3.8, 4) is 5.69 Å². The molecular weight excluding hydrogens is 413 g/mol. The van der Waals surface area contributed by atoms with E-state index in [0.29, 0.717) is 18.7 Å². The molecule has 3 rings (SSSR count). The molecule has 0 aliphatic rings. The maximum absolute atomic E-state index is 13.0. The number of carbonyl (C=O) groups is 1. The molecule has 0 aliphatic heterocycles. The minimum absolute atomic E-state index is 0.290. The molecule has 0 saturated carbocycles. The fourth-order valence-electron chi connectivity index (χ4n) is 2.84. The van der Waals surface area contributed by atoms with Gasteiger partial charge in [0.05, 0.1) is 17.8 Å². The van der Waals surface area contributed by atoms with Crippen LogP contribution in [0.2, 0.25) is 0 Å². The van der Waals surface area contributed by atoms with Gasteiger partial charge in [-0.15, -0.1) is 0 Å². The molecule has 1 heterocycles. The Morgan fingerprint density at radius 3 is 2.26 bits per heavy atom. The molecule has 1 amide bonds. The number of benzene rings is 2. The van der Waals surface area contributed by atoms with Crippen LogP contribution in [0.5, 0.6) is 0 Å². The molecule has 1 N–H and O–H groups in total. The van der Waals surface area contributed by atoms with E-state index in [4.69, 9.17) is 0 Å². The SMILES string of the molecule is CCCNC(=O)c1nn(-c2ccccc2)c(=O)n(Cc2ccc(C(F)(F)F)cc2)c1=O. The number of hydrogen-bond acceptors (Lipinski definition) is 4. The van der Waals surface area contributed by atoms with E-state index in [2.05, 4.69) is 10.4 Å². The van der Waals surface area contributed by atoms with Crippen molar-refractivity contribution in [3.05, 3.63) is 92.3 Å². The van der Waals surface area contributed by atoms with Crippen LogP contribution in [-0.4, -0.2) is 26.8 Å². The van der Waals surface area contributed by atoms with E-state index in [9.17, 15) is 27.6 Å². The number of carbonyl (C=O) groups excluding carboxylic acids is 1. The molecule has 31 heavy (non-hydrogen) atoms. The van der Waals surface area contributed by atoms with Crippen molar-refractivity contribution in [2.75, 3.05) is 6.54 Å². The van der Waals surface area contributed by atoms with Crippen LogP contribution in [0.4, 0.5) is 13.2 Å². The predicted molar refractivity (Wildman–Crippen MR) is 107 cm³/mol. The number of hydrogen-bond donors (Lipinski definition) is 1. The first-order valence-electron chi connectivity index (χ1n) is 9.46. The van der Waals surface area contributed by atoms with Crippen molar-refractivity contribution in [1.82, 2.24) is 19.7 Å². The lowest BCUT2D eigenvalue weighted by Gasteiger charge is -2.13. The van der Waals surface area contributed by atoms with E-state index >= 15 is 0 Å². The van der Waals surface area contributed by atoms with E-state index in [0.717, 1.165) is 21.4 Å². The Morgan fingerprint density at radius 2 is 1.68 bits per heavy atom. The predicted octanol–water partition coefficient (Wildman–Crippen LogP) is 2.60. The summed E-state index contributed by atoms with van der Waals surface area (Å²) >= 11 is 0. The Labute approximate surface area is 174 Å². The summed E-state index contributed by atoms with van der Waals surface area (Å²) in [5, 5.41) is 6.50. The molecule has 0 bridgehead atoms. The van der Waals surface area contributed by atoms with Gasteiger partial charge >= 0.3 is 11.9 Å². The van der Waals surface area contributed by atoms with Crippen LogP contribution in [0.3, 0.4) is 0 Å². The van der Waals surface area contributed by atoms with E-state index in [1.54, 1.807) is 30.3 Å². The highest BCUT2D eigenvalue weighted by Gasteiger charge is 2.30. The first-order chi connectivity index (χ1) is 14.7. The second-order valence-electron chi connectivity index (χ2n) is 6.72. The van der Waals surface area contributed by atoms with Crippen LogP contribution < -0.4 is 16.6 Å². The number of aromatic nitrogens is 3. The summed E-state index contributed by atoms with van der Waals surface area (Å²) in [6.45, 7) is 1.82. The highest BCUT2D eigenvalue weighted by Crippen LogP contribution is 2.29. The molecule has 10 heteroatoms. The van der Waals surface area contributed by atoms with Crippen LogP contribution in [-0.2, 0) is 12.7 Å². The lowest BCUT2D eigenvalue weighted by molar-refractivity contribution is -0.137. The molecule has 0 saturated heterocycles. The normalized spacial score (nSPS) is 11.4. The van der Waals surface area contributed by atoms with Crippen LogP contribution in [0.15, 0.2) is 64.2 Å². The Kier molecular flexibility index (Phi) is 6.38. The third-order valence-electron chi connectivity index (χ3n) is 4.43. The Hall–Kier alpha value is -3.69. The molecule has 0 spiro atoms. The summed E-state index contributed by atoms with van der Waals surface area (Å²) < 4.78 is 40.1. The summed E-state index contributed by atoms with van der Waals surface area (Å²) in [7, 11) is 0. The van der Waals surface area contributed by atoms with E-state index in [1.807, 2.05) is 6.92 Å². The van der Waals surface area contributed by atoms with Crippen molar-refractivity contribution in [2.45, 2.75) is 26.1 Å². The van der Waals surface area contributed by atoms with Gasteiger partial charge in [-0.3, -0.25) is 14.2 Å². The van der Waals surface area contributed by atoms with E-state index in [-0.39, 0.29) is 12.1 Å². The molecule has 7 nitrogen and oxygen atoms in total. The largest absolute Gasteiger partial charge is 0.416 e. The maximum atomic E-state index is 13.0. The fraction of sp³-hybridized carbons (Fsp3) is 0.238. The van der Waals surface area contributed by atoms with Crippen molar-refractivity contribution >= 4 is 5.91 Å². The summed E-state index contributed by atoms with van der Waals surface area (Å²) in [4.78, 5) is 38.3. The summed E-state index contributed by atoms with van der Waals surface area (Å²) in [5.74, 6) is -0.738. The summed E-state index contributed by atoms with van der Waals surface area (Å²) in [5.41, 5.74) is -2.45. The first-order valence-corrected chi connectivity index (χ1v) is 9.46. The van der Waals surface area contributed by atoms with Gasteiger partial charge in [0, 0.05) is 6.54 Å². The van der Waals surface area contributed by atoms with Crippen LogP contribution in [0, 0.1) is 0 Å². The van der Waals surface area contributed by atoms with Gasteiger partial charge in [-0.2, -0.15) is 23.0 Å². The van der Waals surface area contributed by atoms with Gasteiger partial charge in [-0.05, 0) is 36.2 Å². The maximum Gasteiger partial charge on any atom is 0.416 e. The quantitative estimate of drug-likeness (QED) is 0.649. The highest BCUT2D eigenvalue weighted by atomic mass is 19.4. The van der Waals surface area contributed by atoms with Crippen molar-refractivity contribution in [2.24, 2.45) is 0 Å². The lowest BCUT2D eigenvalue weighted by atomic mass is 10.1. The van der Waals surface area contributed by atoms with Gasteiger partial charge in [-0.25, -0.2) is 4.79 Å². The molecule has 3 aromatic rings. The minimum Gasteiger partial charge on any atom is -0.350 e. The van der Waals surface area contributed by atoms with Gasteiger partial charge in [0.15, 0.2) is 0 Å². The van der Waals surface area contributed by atoms with E-state index in [1.165, 1.54) is 12.1 Å². The van der Waals surface area contributed by atoms with Crippen molar-refractivity contribution in [1.29, 1.82) is 0 Å². The minimum atomic E-state index is -4.50. The topological polar surface area (TPSA) is 86.0 Å². The standard InChI is InChI=1S/C21H19F3N4O3/c1-2-12-25-18(29)17-19(30)27(13-14-8-10-15(11-9-14)21(22,23)24)20(31)28(26-17)16-6-4-3-5-7-16/h3-11H,2,12-13H2,1H3,(H,25,29). The molecular formula is C21H19F3N4O3. The number of alkyl halides is 3. The molecule has 2 aromatic carbocycles.